The second kappa shape index (κ2) is 5.65. The third kappa shape index (κ3) is 4.54. The summed E-state index contributed by atoms with van der Waals surface area (Å²) in [5, 5.41) is 10.3. The molecule has 1 rings (SSSR count). The molecule has 102 valence electrons. The Balaban J connectivity index is 2.61. The molecular weight excluding hydrogens is 242 g/mol. The van der Waals surface area contributed by atoms with Gasteiger partial charge in [0.2, 0.25) is 10.0 Å². The average Bonchev–Trinajstić information content (AvgIpc) is 2.15. The van der Waals surface area contributed by atoms with Crippen LogP contribution in [0.5, 0.6) is 0 Å². The van der Waals surface area contributed by atoms with E-state index >= 15 is 0 Å². The fourth-order valence-corrected chi connectivity index (χ4v) is 3.50. The minimum Gasteiger partial charge on any atom is -0.388 e. The van der Waals surface area contributed by atoms with Crippen molar-refractivity contribution in [1.82, 2.24) is 4.31 Å². The molecule has 0 bridgehead atoms. The molecule has 0 aromatic carbocycles. The lowest BCUT2D eigenvalue weighted by atomic mass is 9.95. The highest BCUT2D eigenvalue weighted by Gasteiger charge is 2.34. The molecule has 1 aliphatic rings. The normalized spacial score (nSPS) is 21.1. The van der Waals surface area contributed by atoms with Crippen LogP contribution in [0.3, 0.4) is 0 Å². The third-order valence-electron chi connectivity index (χ3n) is 2.96. The summed E-state index contributed by atoms with van der Waals surface area (Å²) in [4.78, 5) is 0. The second-order valence-corrected chi connectivity index (χ2v) is 7.39. The van der Waals surface area contributed by atoms with Crippen LogP contribution in [0, 0.1) is 5.92 Å². The van der Waals surface area contributed by atoms with E-state index in [1.165, 1.54) is 11.4 Å². The first kappa shape index (κ1) is 14.9. The predicted molar refractivity (Wildman–Crippen MR) is 66.3 cm³/mol. The Morgan fingerprint density at radius 1 is 1.35 bits per heavy atom. The average molecular weight is 265 g/mol. The second-order valence-electron chi connectivity index (χ2n) is 5.27. The van der Waals surface area contributed by atoms with E-state index in [2.05, 4.69) is 0 Å². The van der Waals surface area contributed by atoms with Crippen LogP contribution in [0.1, 0.15) is 26.7 Å². The summed E-state index contributed by atoms with van der Waals surface area (Å²) < 4.78 is 30.3. The van der Waals surface area contributed by atoms with Gasteiger partial charge < -0.3 is 9.84 Å². The van der Waals surface area contributed by atoms with Gasteiger partial charge in [0.05, 0.1) is 11.4 Å². The van der Waals surface area contributed by atoms with E-state index in [0.717, 1.165) is 0 Å². The number of aliphatic hydroxyl groups is 1. The maximum atomic E-state index is 11.9. The smallest absolute Gasteiger partial charge is 0.214 e. The fourth-order valence-electron chi connectivity index (χ4n) is 1.97. The molecule has 0 atom stereocenters. The van der Waals surface area contributed by atoms with E-state index in [-0.39, 0.29) is 18.2 Å². The molecule has 5 nitrogen and oxygen atoms in total. The molecule has 0 saturated carbocycles. The van der Waals surface area contributed by atoms with Crippen molar-refractivity contribution in [3.05, 3.63) is 0 Å². The zero-order valence-electron chi connectivity index (χ0n) is 10.8. The van der Waals surface area contributed by atoms with Gasteiger partial charge in [-0.15, -0.1) is 0 Å². The van der Waals surface area contributed by atoms with Crippen LogP contribution < -0.4 is 0 Å². The standard InChI is InChI=1S/C11H23NO4S/c1-10(2)8-17(14,15)12(3)9-11(13)4-6-16-7-5-11/h10,13H,4-9H2,1-3H3. The highest BCUT2D eigenvalue weighted by molar-refractivity contribution is 7.89. The van der Waals surface area contributed by atoms with Crippen molar-refractivity contribution < 1.29 is 18.3 Å². The Kier molecular flexibility index (Phi) is 4.95. The van der Waals surface area contributed by atoms with Crippen molar-refractivity contribution in [2.24, 2.45) is 5.92 Å². The van der Waals surface area contributed by atoms with Gasteiger partial charge in [0.25, 0.3) is 0 Å². The van der Waals surface area contributed by atoms with Crippen molar-refractivity contribution in [1.29, 1.82) is 0 Å². The molecule has 0 aromatic heterocycles. The van der Waals surface area contributed by atoms with Crippen LogP contribution in [-0.2, 0) is 14.8 Å². The van der Waals surface area contributed by atoms with Crippen LogP contribution >= 0.6 is 0 Å². The summed E-state index contributed by atoms with van der Waals surface area (Å²) in [5.41, 5.74) is -0.933. The largest absolute Gasteiger partial charge is 0.388 e. The first-order chi connectivity index (χ1) is 7.75. The van der Waals surface area contributed by atoms with Gasteiger partial charge in [-0.25, -0.2) is 12.7 Å². The summed E-state index contributed by atoms with van der Waals surface area (Å²) in [5.74, 6) is 0.211. The van der Waals surface area contributed by atoms with Gasteiger partial charge in [-0.3, -0.25) is 0 Å². The van der Waals surface area contributed by atoms with Crippen molar-refractivity contribution in [2.45, 2.75) is 32.3 Å². The number of nitrogens with zero attached hydrogens (tertiary/aromatic N) is 1. The molecule has 1 saturated heterocycles. The summed E-state index contributed by atoms with van der Waals surface area (Å²) >= 11 is 0. The maximum Gasteiger partial charge on any atom is 0.214 e. The lowest BCUT2D eigenvalue weighted by Gasteiger charge is -2.35. The van der Waals surface area contributed by atoms with Crippen LogP contribution in [0.25, 0.3) is 0 Å². The van der Waals surface area contributed by atoms with E-state index in [4.69, 9.17) is 4.74 Å². The Bertz CT molecular complexity index is 333. The van der Waals surface area contributed by atoms with Crippen LogP contribution in [0.2, 0.25) is 0 Å². The SMILES string of the molecule is CC(C)CS(=O)(=O)N(C)CC1(O)CCOCC1. The molecule has 0 aromatic rings. The van der Waals surface area contributed by atoms with Crippen LogP contribution in [0.15, 0.2) is 0 Å². The van der Waals surface area contributed by atoms with Crippen molar-refractivity contribution in [3.8, 4) is 0 Å². The number of hydrogen-bond acceptors (Lipinski definition) is 4. The molecule has 17 heavy (non-hydrogen) atoms. The Morgan fingerprint density at radius 3 is 2.35 bits per heavy atom. The number of sulfonamides is 1. The van der Waals surface area contributed by atoms with E-state index in [9.17, 15) is 13.5 Å². The van der Waals surface area contributed by atoms with Crippen molar-refractivity contribution in [2.75, 3.05) is 32.6 Å². The number of ether oxygens (including phenoxy) is 1. The van der Waals surface area contributed by atoms with Crippen LogP contribution in [-0.4, -0.2) is 56.0 Å². The van der Waals surface area contributed by atoms with E-state index in [1.807, 2.05) is 13.8 Å². The van der Waals surface area contributed by atoms with E-state index in [0.29, 0.717) is 26.1 Å². The predicted octanol–water partition coefficient (Wildman–Crippen LogP) is 0.445. The molecule has 0 unspecified atom stereocenters. The topological polar surface area (TPSA) is 66.8 Å². The number of likely N-dealkylation sites (N-methyl/N-ethyl adjacent to an activating group) is 1. The quantitative estimate of drug-likeness (QED) is 0.783. The summed E-state index contributed by atoms with van der Waals surface area (Å²) in [6.07, 6.45) is 0.989. The van der Waals surface area contributed by atoms with E-state index in [1.54, 1.807) is 0 Å². The highest BCUT2D eigenvalue weighted by Crippen LogP contribution is 2.22. The summed E-state index contributed by atoms with van der Waals surface area (Å²) in [6.45, 7) is 4.89. The summed E-state index contributed by atoms with van der Waals surface area (Å²) in [7, 11) is -1.73. The first-order valence-corrected chi connectivity index (χ1v) is 7.60. The molecular formula is C11H23NO4S. The number of hydrogen-bond donors (Lipinski definition) is 1. The van der Waals surface area contributed by atoms with Crippen LogP contribution in [0.4, 0.5) is 0 Å². The van der Waals surface area contributed by atoms with Gasteiger partial charge in [0.1, 0.15) is 0 Å². The lowest BCUT2D eigenvalue weighted by molar-refractivity contribution is -0.0689. The van der Waals surface area contributed by atoms with Gasteiger partial charge in [0, 0.05) is 39.6 Å². The minimum atomic E-state index is -3.26. The molecule has 0 radical (unpaired) electrons. The molecule has 6 heteroatoms. The maximum absolute atomic E-state index is 11.9. The fraction of sp³-hybridized carbons (Fsp3) is 1.00. The van der Waals surface area contributed by atoms with Crippen molar-refractivity contribution >= 4 is 10.0 Å². The molecule has 0 aliphatic carbocycles. The Morgan fingerprint density at radius 2 is 1.88 bits per heavy atom. The van der Waals surface area contributed by atoms with E-state index < -0.39 is 15.6 Å². The Hall–Kier alpha value is -0.170. The molecule has 1 heterocycles. The zero-order chi connectivity index (χ0) is 13.1. The lowest BCUT2D eigenvalue weighted by Crippen LogP contribution is -2.48. The van der Waals surface area contributed by atoms with Gasteiger partial charge in [-0.1, -0.05) is 13.8 Å². The molecule has 1 fully saturated rings. The molecule has 1 N–H and O–H groups in total. The van der Waals surface area contributed by atoms with Gasteiger partial charge in [-0.05, 0) is 5.92 Å². The zero-order valence-corrected chi connectivity index (χ0v) is 11.7. The van der Waals surface area contributed by atoms with Gasteiger partial charge in [-0.2, -0.15) is 0 Å². The molecule has 1 aliphatic heterocycles. The third-order valence-corrected chi connectivity index (χ3v) is 5.13. The van der Waals surface area contributed by atoms with Gasteiger partial charge in [0.15, 0.2) is 0 Å². The number of rotatable bonds is 5. The minimum absolute atomic E-state index is 0.0896. The molecule has 0 spiro atoms. The first-order valence-electron chi connectivity index (χ1n) is 5.99. The highest BCUT2D eigenvalue weighted by atomic mass is 32.2. The van der Waals surface area contributed by atoms with Crippen molar-refractivity contribution in [3.63, 3.8) is 0 Å². The summed E-state index contributed by atoms with van der Waals surface area (Å²) in [6, 6.07) is 0. The monoisotopic (exact) mass is 265 g/mol. The van der Waals surface area contributed by atoms with Gasteiger partial charge >= 0.3 is 0 Å². The molecule has 0 amide bonds. The Labute approximate surface area is 104 Å².